The zero-order valence-electron chi connectivity index (χ0n) is 18.2. The Bertz CT molecular complexity index is 925. The van der Waals surface area contributed by atoms with E-state index >= 15 is 0 Å². The standard InChI is InChI=1S/C23H32FN3O3S.CH4/c1-2-7-27-8-3-16(4-9-27)14-30-17-12-19(24)22-20(13-17)25-21(26-23(22)28)15-31-18-5-10-29-11-6-18;/h12-13,16,18H,2-11,14-15H2,1H3,(H,25,26,28);1H4. The van der Waals surface area contributed by atoms with Crippen molar-refractivity contribution in [1.29, 1.82) is 0 Å². The molecule has 2 aliphatic rings. The lowest BCUT2D eigenvalue weighted by Gasteiger charge is -2.31. The molecule has 8 heteroatoms. The Kier molecular flexibility index (Phi) is 9.37. The number of benzene rings is 1. The van der Waals surface area contributed by atoms with Crippen LogP contribution in [0.15, 0.2) is 16.9 Å². The average molecular weight is 466 g/mol. The van der Waals surface area contributed by atoms with Gasteiger partial charge >= 0.3 is 0 Å². The lowest BCUT2D eigenvalue weighted by Crippen LogP contribution is -2.35. The van der Waals surface area contributed by atoms with Crippen LogP contribution in [0.1, 0.15) is 52.3 Å². The van der Waals surface area contributed by atoms with Gasteiger partial charge in [0, 0.05) is 30.6 Å². The molecular formula is C24H36FN3O3S. The van der Waals surface area contributed by atoms with Crippen LogP contribution in [0.25, 0.3) is 10.9 Å². The number of piperidine rings is 1. The first-order valence-electron chi connectivity index (χ1n) is 11.4. The SMILES string of the molecule is C.CCCN1CCC(COc2cc(F)c3c(=O)[nH]c(CSC4CCOCC4)nc3c2)CC1. The van der Waals surface area contributed by atoms with E-state index in [1.165, 1.54) is 12.5 Å². The number of nitrogens with one attached hydrogen (secondary N) is 1. The van der Waals surface area contributed by atoms with Crippen LogP contribution in [0, 0.1) is 11.7 Å². The van der Waals surface area contributed by atoms with Gasteiger partial charge in [-0.25, -0.2) is 9.37 Å². The molecule has 2 aromatic rings. The number of hydrogen-bond acceptors (Lipinski definition) is 6. The third kappa shape index (κ3) is 6.45. The number of thioether (sulfide) groups is 1. The molecule has 32 heavy (non-hydrogen) atoms. The first-order valence-corrected chi connectivity index (χ1v) is 12.4. The van der Waals surface area contributed by atoms with E-state index in [2.05, 4.69) is 21.8 Å². The van der Waals surface area contributed by atoms with E-state index in [9.17, 15) is 9.18 Å². The molecule has 6 nitrogen and oxygen atoms in total. The van der Waals surface area contributed by atoms with Crippen molar-refractivity contribution in [2.24, 2.45) is 5.92 Å². The van der Waals surface area contributed by atoms with Crippen LogP contribution in [-0.4, -0.2) is 59.6 Å². The number of ether oxygens (including phenoxy) is 2. The van der Waals surface area contributed by atoms with Crippen molar-refractivity contribution in [3.8, 4) is 5.75 Å². The summed E-state index contributed by atoms with van der Waals surface area (Å²) in [6, 6.07) is 3.00. The van der Waals surface area contributed by atoms with Crippen LogP contribution in [0.2, 0.25) is 0 Å². The number of likely N-dealkylation sites (tertiary alicyclic amines) is 1. The summed E-state index contributed by atoms with van der Waals surface area (Å²) in [7, 11) is 0. The van der Waals surface area contributed by atoms with Gasteiger partial charge < -0.3 is 19.4 Å². The highest BCUT2D eigenvalue weighted by Gasteiger charge is 2.20. The Balaban J connectivity index is 0.00000289. The number of fused-ring (bicyclic) bond motifs is 1. The van der Waals surface area contributed by atoms with Gasteiger partial charge in [-0.1, -0.05) is 14.4 Å². The molecular weight excluding hydrogens is 429 g/mol. The number of aromatic nitrogens is 2. The van der Waals surface area contributed by atoms with E-state index in [0.29, 0.717) is 40.6 Å². The molecule has 2 fully saturated rings. The molecule has 1 aromatic carbocycles. The van der Waals surface area contributed by atoms with Gasteiger partial charge in [0.2, 0.25) is 0 Å². The Morgan fingerprint density at radius 1 is 1.25 bits per heavy atom. The minimum Gasteiger partial charge on any atom is -0.493 e. The maximum Gasteiger partial charge on any atom is 0.261 e. The molecule has 0 radical (unpaired) electrons. The molecule has 3 heterocycles. The van der Waals surface area contributed by atoms with Crippen LogP contribution in [0.5, 0.6) is 5.75 Å². The van der Waals surface area contributed by atoms with E-state index < -0.39 is 11.4 Å². The van der Waals surface area contributed by atoms with E-state index in [-0.39, 0.29) is 12.8 Å². The highest BCUT2D eigenvalue weighted by atomic mass is 32.2. The van der Waals surface area contributed by atoms with E-state index in [4.69, 9.17) is 9.47 Å². The van der Waals surface area contributed by atoms with Crippen LogP contribution in [0.4, 0.5) is 4.39 Å². The fraction of sp³-hybridized carbons (Fsp3) is 0.667. The zero-order valence-corrected chi connectivity index (χ0v) is 19.0. The van der Waals surface area contributed by atoms with Crippen LogP contribution < -0.4 is 10.3 Å². The molecule has 0 unspecified atom stereocenters. The molecule has 178 valence electrons. The summed E-state index contributed by atoms with van der Waals surface area (Å²) in [5.74, 6) is 1.52. The van der Waals surface area contributed by atoms with E-state index in [1.54, 1.807) is 17.8 Å². The number of rotatable bonds is 8. The summed E-state index contributed by atoms with van der Waals surface area (Å²) >= 11 is 1.77. The van der Waals surface area contributed by atoms with Gasteiger partial charge in [0.1, 0.15) is 22.8 Å². The Morgan fingerprint density at radius 2 is 2.00 bits per heavy atom. The number of aromatic amines is 1. The maximum atomic E-state index is 14.7. The number of hydrogen-bond donors (Lipinski definition) is 1. The first kappa shape index (κ1) is 25.0. The summed E-state index contributed by atoms with van der Waals surface area (Å²) in [5.41, 5.74) is -0.0704. The van der Waals surface area contributed by atoms with Crippen molar-refractivity contribution in [2.75, 3.05) is 39.5 Å². The van der Waals surface area contributed by atoms with Crippen LogP contribution in [-0.2, 0) is 10.5 Å². The zero-order chi connectivity index (χ0) is 21.6. The quantitative estimate of drug-likeness (QED) is 0.614. The monoisotopic (exact) mass is 465 g/mol. The van der Waals surface area contributed by atoms with E-state index in [0.717, 1.165) is 58.5 Å². The lowest BCUT2D eigenvalue weighted by atomic mass is 9.98. The fourth-order valence-electron chi connectivity index (χ4n) is 4.35. The molecule has 0 aliphatic carbocycles. The average Bonchev–Trinajstić information content (AvgIpc) is 2.78. The molecule has 0 bridgehead atoms. The van der Waals surface area contributed by atoms with Crippen molar-refractivity contribution >= 4 is 22.7 Å². The molecule has 0 spiro atoms. The number of H-pyrrole nitrogens is 1. The van der Waals surface area contributed by atoms with Gasteiger partial charge in [-0.3, -0.25) is 4.79 Å². The minimum absolute atomic E-state index is 0. The fourth-order valence-corrected chi connectivity index (χ4v) is 5.40. The number of halogens is 1. The van der Waals surface area contributed by atoms with Crippen molar-refractivity contribution in [3.63, 3.8) is 0 Å². The van der Waals surface area contributed by atoms with Crippen molar-refractivity contribution < 1.29 is 13.9 Å². The van der Waals surface area contributed by atoms with Crippen molar-refractivity contribution in [3.05, 3.63) is 34.1 Å². The molecule has 1 aromatic heterocycles. The first-order chi connectivity index (χ1) is 15.1. The second-order valence-corrected chi connectivity index (χ2v) is 9.82. The van der Waals surface area contributed by atoms with Gasteiger partial charge in [0.15, 0.2) is 0 Å². The second-order valence-electron chi connectivity index (χ2n) is 8.53. The lowest BCUT2D eigenvalue weighted by molar-refractivity contribution is 0.1000. The van der Waals surface area contributed by atoms with Gasteiger partial charge in [0.05, 0.1) is 17.9 Å². The minimum atomic E-state index is -0.581. The van der Waals surface area contributed by atoms with Crippen molar-refractivity contribution in [1.82, 2.24) is 14.9 Å². The van der Waals surface area contributed by atoms with Gasteiger partial charge in [-0.05, 0) is 57.7 Å². The molecule has 0 atom stereocenters. The summed E-state index contributed by atoms with van der Waals surface area (Å²) in [6.45, 7) is 7.68. The highest BCUT2D eigenvalue weighted by molar-refractivity contribution is 7.99. The Morgan fingerprint density at radius 3 is 2.72 bits per heavy atom. The Labute approximate surface area is 194 Å². The molecule has 0 amide bonds. The van der Waals surface area contributed by atoms with Gasteiger partial charge in [-0.2, -0.15) is 11.8 Å². The third-order valence-corrected chi connectivity index (χ3v) is 7.52. The van der Waals surface area contributed by atoms with Crippen molar-refractivity contribution in [2.45, 2.75) is 57.5 Å². The molecule has 0 saturated carbocycles. The van der Waals surface area contributed by atoms with E-state index in [1.807, 2.05) is 0 Å². The number of nitrogens with zero attached hydrogens (tertiary/aromatic N) is 2. The molecule has 4 rings (SSSR count). The third-order valence-electron chi connectivity index (χ3n) is 6.14. The molecule has 2 saturated heterocycles. The predicted octanol–water partition coefficient (Wildman–Crippen LogP) is 4.61. The summed E-state index contributed by atoms with van der Waals surface area (Å²) in [4.78, 5) is 22.2. The summed E-state index contributed by atoms with van der Waals surface area (Å²) < 4.78 is 26.0. The molecule has 1 N–H and O–H groups in total. The smallest absolute Gasteiger partial charge is 0.261 e. The Hall–Kier alpha value is -1.64. The predicted molar refractivity (Wildman–Crippen MR) is 129 cm³/mol. The highest BCUT2D eigenvalue weighted by Crippen LogP contribution is 2.26. The largest absolute Gasteiger partial charge is 0.493 e. The normalized spacial score (nSPS) is 18.6. The molecule has 2 aliphatic heterocycles. The van der Waals surface area contributed by atoms with Crippen LogP contribution >= 0.6 is 11.8 Å². The second kappa shape index (κ2) is 12.0. The van der Waals surface area contributed by atoms with Gasteiger partial charge in [0.25, 0.3) is 5.56 Å². The summed E-state index contributed by atoms with van der Waals surface area (Å²) in [6.07, 6.45) is 5.39. The topological polar surface area (TPSA) is 67.5 Å². The van der Waals surface area contributed by atoms with Gasteiger partial charge in [-0.15, -0.1) is 0 Å². The summed E-state index contributed by atoms with van der Waals surface area (Å²) in [5, 5.41) is 0.505. The van der Waals surface area contributed by atoms with Crippen LogP contribution in [0.3, 0.4) is 0 Å². The maximum absolute atomic E-state index is 14.7.